The van der Waals surface area contributed by atoms with Crippen LogP contribution in [-0.4, -0.2) is 52.8 Å². The summed E-state index contributed by atoms with van der Waals surface area (Å²) in [5.41, 5.74) is 1.61. The van der Waals surface area contributed by atoms with Gasteiger partial charge in [-0.25, -0.2) is 8.42 Å². The summed E-state index contributed by atoms with van der Waals surface area (Å²) in [5.74, 6) is -1.47. The number of hydrogen-bond acceptors (Lipinski definition) is 5. The highest BCUT2D eigenvalue weighted by Gasteiger charge is 2.28. The van der Waals surface area contributed by atoms with Gasteiger partial charge >= 0.3 is 11.8 Å². The third kappa shape index (κ3) is 4.24. The number of nitrogens with one attached hydrogen (secondary N) is 2. The maximum Gasteiger partial charge on any atom is 0.313 e. The van der Waals surface area contributed by atoms with E-state index < -0.39 is 21.8 Å². The molecule has 0 aromatic heterocycles. The molecule has 1 heterocycles. The number of carbonyl (C=O) groups is 2. The molecule has 2 amide bonds. The molecule has 0 radical (unpaired) electrons. The number of rotatable bonds is 5. The minimum Gasteiger partial charge on any atom is -0.383 e. The van der Waals surface area contributed by atoms with E-state index in [9.17, 15) is 18.0 Å². The highest BCUT2D eigenvalue weighted by molar-refractivity contribution is 7.93. The molecule has 2 N–H and O–H groups in total. The van der Waals surface area contributed by atoms with Crippen molar-refractivity contribution in [2.75, 3.05) is 42.2 Å². The minimum absolute atomic E-state index is 0.116. The Balaban J connectivity index is 2.12. The molecular formula is C15H21N3O5S. The molecule has 1 aromatic rings. The summed E-state index contributed by atoms with van der Waals surface area (Å²) < 4.78 is 30.1. The lowest BCUT2D eigenvalue weighted by atomic mass is 10.1. The first-order chi connectivity index (χ1) is 11.3. The molecular weight excluding hydrogens is 334 g/mol. The molecule has 1 fully saturated rings. The fourth-order valence-electron chi connectivity index (χ4n) is 2.36. The minimum atomic E-state index is -3.30. The summed E-state index contributed by atoms with van der Waals surface area (Å²) >= 11 is 0. The number of anilines is 2. The number of nitrogens with zero attached hydrogens (tertiary/aromatic N) is 1. The molecule has 2 rings (SSSR count). The zero-order valence-electron chi connectivity index (χ0n) is 13.7. The summed E-state index contributed by atoms with van der Waals surface area (Å²) in [7, 11) is -1.81. The smallest absolute Gasteiger partial charge is 0.313 e. The Labute approximate surface area is 141 Å². The van der Waals surface area contributed by atoms with Gasteiger partial charge in [0, 0.05) is 25.9 Å². The summed E-state index contributed by atoms with van der Waals surface area (Å²) in [5, 5.41) is 4.94. The van der Waals surface area contributed by atoms with E-state index >= 15 is 0 Å². The van der Waals surface area contributed by atoms with Crippen molar-refractivity contribution in [1.82, 2.24) is 5.32 Å². The van der Waals surface area contributed by atoms with E-state index in [1.807, 2.05) is 0 Å². The van der Waals surface area contributed by atoms with Crippen LogP contribution in [0.3, 0.4) is 0 Å². The van der Waals surface area contributed by atoms with Gasteiger partial charge in [-0.15, -0.1) is 0 Å². The predicted molar refractivity (Wildman–Crippen MR) is 90.4 cm³/mol. The van der Waals surface area contributed by atoms with Crippen molar-refractivity contribution in [1.29, 1.82) is 0 Å². The standard InChI is InChI=1S/C15H21N3O5S/c1-11-4-5-12(18-7-3-9-24(18,21)22)10-13(11)17-15(20)14(19)16-6-8-23-2/h4-5,10H,3,6-9H2,1-2H3,(H,16,19)(H,17,20). The largest absolute Gasteiger partial charge is 0.383 e. The highest BCUT2D eigenvalue weighted by atomic mass is 32.2. The normalized spacial score (nSPS) is 16.0. The van der Waals surface area contributed by atoms with E-state index in [0.29, 0.717) is 30.9 Å². The van der Waals surface area contributed by atoms with Gasteiger partial charge in [-0.05, 0) is 31.0 Å². The van der Waals surface area contributed by atoms with Gasteiger partial charge in [0.15, 0.2) is 0 Å². The van der Waals surface area contributed by atoms with Gasteiger partial charge in [-0.2, -0.15) is 0 Å². The molecule has 1 aliphatic rings. The molecule has 0 spiro atoms. The lowest BCUT2D eigenvalue weighted by Crippen LogP contribution is -2.37. The van der Waals surface area contributed by atoms with Crippen molar-refractivity contribution < 1.29 is 22.7 Å². The topological polar surface area (TPSA) is 105 Å². The Morgan fingerprint density at radius 3 is 2.67 bits per heavy atom. The van der Waals surface area contributed by atoms with Crippen molar-refractivity contribution >= 4 is 33.2 Å². The average molecular weight is 355 g/mol. The van der Waals surface area contributed by atoms with Gasteiger partial charge in [0.25, 0.3) is 0 Å². The Bertz CT molecular complexity index is 733. The Hall–Kier alpha value is -2.13. The molecule has 1 saturated heterocycles. The summed E-state index contributed by atoms with van der Waals surface area (Å²) in [6, 6.07) is 4.96. The van der Waals surface area contributed by atoms with E-state index in [2.05, 4.69) is 10.6 Å². The summed E-state index contributed by atoms with van der Waals surface area (Å²) in [6.07, 6.45) is 0.569. The summed E-state index contributed by atoms with van der Waals surface area (Å²) in [6.45, 7) is 2.71. The van der Waals surface area contributed by atoms with Gasteiger partial charge < -0.3 is 15.4 Å². The molecule has 1 aromatic carbocycles. The molecule has 0 unspecified atom stereocenters. The fourth-order valence-corrected chi connectivity index (χ4v) is 3.91. The van der Waals surface area contributed by atoms with Crippen LogP contribution in [-0.2, 0) is 24.3 Å². The maximum atomic E-state index is 12.0. The molecule has 0 bridgehead atoms. The lowest BCUT2D eigenvalue weighted by molar-refractivity contribution is -0.136. The zero-order valence-corrected chi connectivity index (χ0v) is 14.5. The monoisotopic (exact) mass is 355 g/mol. The fraction of sp³-hybridized carbons (Fsp3) is 0.467. The Morgan fingerprint density at radius 1 is 1.29 bits per heavy atom. The second-order valence-corrected chi connectivity index (χ2v) is 7.46. The molecule has 9 heteroatoms. The number of sulfonamides is 1. The summed E-state index contributed by atoms with van der Waals surface area (Å²) in [4.78, 5) is 23.6. The first kappa shape index (κ1) is 18.2. The van der Waals surface area contributed by atoms with Gasteiger partial charge in [-0.3, -0.25) is 13.9 Å². The number of ether oxygens (including phenoxy) is 1. The number of hydrogen-bond donors (Lipinski definition) is 2. The zero-order chi connectivity index (χ0) is 17.7. The van der Waals surface area contributed by atoms with Crippen LogP contribution in [0.25, 0.3) is 0 Å². The van der Waals surface area contributed by atoms with Crippen molar-refractivity contribution in [3.63, 3.8) is 0 Å². The van der Waals surface area contributed by atoms with Crippen LogP contribution in [0, 0.1) is 6.92 Å². The van der Waals surface area contributed by atoms with Crippen LogP contribution in [0.5, 0.6) is 0 Å². The van der Waals surface area contributed by atoms with Gasteiger partial charge in [-0.1, -0.05) is 6.07 Å². The van der Waals surface area contributed by atoms with Crippen LogP contribution in [0.15, 0.2) is 18.2 Å². The highest BCUT2D eigenvalue weighted by Crippen LogP contribution is 2.28. The molecule has 24 heavy (non-hydrogen) atoms. The van der Waals surface area contributed by atoms with E-state index in [-0.39, 0.29) is 12.3 Å². The molecule has 132 valence electrons. The van der Waals surface area contributed by atoms with Gasteiger partial charge in [0.05, 0.1) is 18.0 Å². The Morgan fingerprint density at radius 2 is 2.04 bits per heavy atom. The van der Waals surface area contributed by atoms with Gasteiger partial charge in [0.1, 0.15) is 0 Å². The van der Waals surface area contributed by atoms with E-state index in [1.165, 1.54) is 11.4 Å². The Kier molecular flexibility index (Phi) is 5.79. The van der Waals surface area contributed by atoms with Crippen molar-refractivity contribution in [3.8, 4) is 0 Å². The number of amides is 2. The molecule has 8 nitrogen and oxygen atoms in total. The maximum absolute atomic E-state index is 12.0. The van der Waals surface area contributed by atoms with Crippen LogP contribution >= 0.6 is 0 Å². The van der Waals surface area contributed by atoms with Crippen LogP contribution in [0.4, 0.5) is 11.4 Å². The number of carbonyl (C=O) groups excluding carboxylic acids is 2. The molecule has 0 atom stereocenters. The molecule has 0 saturated carbocycles. The van der Waals surface area contributed by atoms with Crippen molar-refractivity contribution in [2.24, 2.45) is 0 Å². The van der Waals surface area contributed by atoms with E-state index in [4.69, 9.17) is 4.74 Å². The van der Waals surface area contributed by atoms with Crippen LogP contribution in [0.2, 0.25) is 0 Å². The predicted octanol–water partition coefficient (Wildman–Crippen LogP) is 0.236. The lowest BCUT2D eigenvalue weighted by Gasteiger charge is -2.19. The third-order valence-electron chi connectivity index (χ3n) is 3.65. The quantitative estimate of drug-likeness (QED) is 0.581. The number of methoxy groups -OCH3 is 1. The number of aryl methyl sites for hydroxylation is 1. The van der Waals surface area contributed by atoms with Gasteiger partial charge in [0.2, 0.25) is 10.0 Å². The first-order valence-corrected chi connectivity index (χ1v) is 9.15. The van der Waals surface area contributed by atoms with E-state index in [0.717, 1.165) is 5.56 Å². The second kappa shape index (κ2) is 7.63. The van der Waals surface area contributed by atoms with Crippen LogP contribution < -0.4 is 14.9 Å². The average Bonchev–Trinajstić information content (AvgIpc) is 2.89. The van der Waals surface area contributed by atoms with Crippen molar-refractivity contribution in [2.45, 2.75) is 13.3 Å². The third-order valence-corrected chi connectivity index (χ3v) is 5.52. The van der Waals surface area contributed by atoms with Crippen LogP contribution in [0.1, 0.15) is 12.0 Å². The molecule has 1 aliphatic heterocycles. The van der Waals surface area contributed by atoms with Crippen molar-refractivity contribution in [3.05, 3.63) is 23.8 Å². The molecule has 0 aliphatic carbocycles. The first-order valence-electron chi connectivity index (χ1n) is 7.54. The SMILES string of the molecule is COCCNC(=O)C(=O)Nc1cc(N2CCCS2(=O)=O)ccc1C. The number of benzene rings is 1. The van der Waals surface area contributed by atoms with E-state index in [1.54, 1.807) is 25.1 Å². The second-order valence-electron chi connectivity index (χ2n) is 5.44.